The van der Waals surface area contributed by atoms with Crippen LogP contribution in [0.1, 0.15) is 27.4 Å². The number of carbonyl (C=O) groups is 1. The molecule has 3 heterocycles. The van der Waals surface area contributed by atoms with Gasteiger partial charge in [-0.15, -0.1) is 0 Å². The zero-order chi connectivity index (χ0) is 21.6. The molecule has 0 radical (unpaired) electrons. The maximum atomic E-state index is 13.8. The van der Waals surface area contributed by atoms with E-state index in [1.165, 1.54) is 11.3 Å². The summed E-state index contributed by atoms with van der Waals surface area (Å²) in [5.74, 6) is -0.712. The molecule has 2 aliphatic heterocycles. The molecule has 5 rings (SSSR count). The Kier molecular flexibility index (Phi) is 4.67. The molecule has 1 aromatic heterocycles. The molecule has 1 saturated heterocycles. The number of ketones is 1. The number of fused-ring (bicyclic) bond motifs is 3. The van der Waals surface area contributed by atoms with Crippen LogP contribution in [0.2, 0.25) is 5.02 Å². The van der Waals surface area contributed by atoms with E-state index in [9.17, 15) is 15.3 Å². The van der Waals surface area contributed by atoms with E-state index in [4.69, 9.17) is 11.6 Å². The smallest absolute Gasteiger partial charge is 0.186 e. The summed E-state index contributed by atoms with van der Waals surface area (Å²) in [4.78, 5) is 15.8. The van der Waals surface area contributed by atoms with Crippen LogP contribution in [0.15, 0.2) is 71.4 Å². The van der Waals surface area contributed by atoms with E-state index >= 15 is 0 Å². The fourth-order valence-electron chi connectivity index (χ4n) is 4.87. The van der Waals surface area contributed by atoms with Crippen LogP contribution >= 0.6 is 22.9 Å². The molecule has 1 fully saturated rings. The van der Waals surface area contributed by atoms with Crippen molar-refractivity contribution in [3.8, 4) is 12.1 Å². The van der Waals surface area contributed by atoms with Gasteiger partial charge in [-0.05, 0) is 40.8 Å². The first-order chi connectivity index (χ1) is 15.1. The van der Waals surface area contributed by atoms with Crippen LogP contribution in [-0.4, -0.2) is 17.9 Å². The van der Waals surface area contributed by atoms with Gasteiger partial charge in [0.05, 0.1) is 18.2 Å². The third-order valence-electron chi connectivity index (χ3n) is 6.20. The van der Waals surface area contributed by atoms with Crippen molar-refractivity contribution < 1.29 is 4.79 Å². The Morgan fingerprint density at radius 2 is 1.87 bits per heavy atom. The van der Waals surface area contributed by atoms with Gasteiger partial charge in [-0.2, -0.15) is 21.9 Å². The van der Waals surface area contributed by atoms with Gasteiger partial charge < -0.3 is 4.90 Å². The summed E-state index contributed by atoms with van der Waals surface area (Å²) in [6.07, 6.45) is 3.76. The predicted molar refractivity (Wildman–Crippen MR) is 122 cm³/mol. The molecule has 0 aliphatic carbocycles. The van der Waals surface area contributed by atoms with E-state index in [0.29, 0.717) is 10.6 Å². The third-order valence-corrected chi connectivity index (χ3v) is 7.12. The van der Waals surface area contributed by atoms with Gasteiger partial charge in [0.2, 0.25) is 0 Å². The molecular weight excluding hydrogens is 426 g/mol. The van der Waals surface area contributed by atoms with E-state index in [2.05, 4.69) is 12.1 Å². The van der Waals surface area contributed by atoms with Crippen molar-refractivity contribution in [3.63, 3.8) is 0 Å². The van der Waals surface area contributed by atoms with E-state index in [1.807, 2.05) is 70.3 Å². The normalized spacial score (nSPS) is 22.8. The second-order valence-corrected chi connectivity index (χ2v) is 8.93. The van der Waals surface area contributed by atoms with E-state index in [1.54, 1.807) is 12.1 Å². The highest BCUT2D eigenvalue weighted by Crippen LogP contribution is 2.55. The van der Waals surface area contributed by atoms with E-state index in [-0.39, 0.29) is 5.78 Å². The fourth-order valence-corrected chi connectivity index (χ4v) is 5.70. The Morgan fingerprint density at radius 1 is 1.10 bits per heavy atom. The Morgan fingerprint density at radius 3 is 2.55 bits per heavy atom. The Balaban J connectivity index is 1.79. The van der Waals surface area contributed by atoms with Crippen molar-refractivity contribution in [2.75, 3.05) is 4.90 Å². The molecule has 0 spiro atoms. The van der Waals surface area contributed by atoms with Gasteiger partial charge in [0, 0.05) is 27.6 Å². The average Bonchev–Trinajstić information content (AvgIpc) is 3.44. The number of hydrogen-bond acceptors (Lipinski definition) is 5. The van der Waals surface area contributed by atoms with Gasteiger partial charge in [0.15, 0.2) is 11.2 Å². The number of carbonyl (C=O) groups excluding carboxylic acids is 1. The number of benzene rings is 2. The summed E-state index contributed by atoms with van der Waals surface area (Å²) in [6.45, 7) is 0. The molecule has 2 aliphatic rings. The highest BCUT2D eigenvalue weighted by Gasteiger charge is 2.63. The van der Waals surface area contributed by atoms with Crippen LogP contribution < -0.4 is 4.90 Å². The van der Waals surface area contributed by atoms with Crippen molar-refractivity contribution in [3.05, 3.63) is 93.1 Å². The highest BCUT2D eigenvalue weighted by atomic mass is 35.5. The number of rotatable bonds is 3. The first kappa shape index (κ1) is 19.6. The van der Waals surface area contributed by atoms with Gasteiger partial charge in [0.1, 0.15) is 6.04 Å². The topological polar surface area (TPSA) is 67.9 Å². The minimum atomic E-state index is -1.43. The summed E-state index contributed by atoms with van der Waals surface area (Å²) in [5, 5.41) is 25.0. The van der Waals surface area contributed by atoms with E-state index < -0.39 is 23.4 Å². The van der Waals surface area contributed by atoms with Crippen molar-refractivity contribution in [1.82, 2.24) is 0 Å². The van der Waals surface area contributed by atoms with Crippen molar-refractivity contribution in [2.45, 2.75) is 18.0 Å². The fraction of sp³-hybridized carbons (Fsp3) is 0.160. The van der Waals surface area contributed by atoms with Crippen LogP contribution in [0, 0.1) is 28.1 Å². The van der Waals surface area contributed by atoms with Crippen LogP contribution in [0.25, 0.3) is 6.08 Å². The number of Topliss-reactive ketones (excluding diaryl/α,β-unsaturated/α-hetero) is 1. The molecule has 0 saturated carbocycles. The standard InChI is InChI=1S/C25H16ClN3OS/c26-19-7-8-20-17(12-19)6-9-21-25(14-27,15-28)22(16-4-2-1-3-5-16)23(29(20)21)24(30)18-10-11-31-13-18/h1-13,21-23H. The highest BCUT2D eigenvalue weighted by molar-refractivity contribution is 7.08. The van der Waals surface area contributed by atoms with Gasteiger partial charge in [-0.1, -0.05) is 54.1 Å². The van der Waals surface area contributed by atoms with Crippen LogP contribution in [0.4, 0.5) is 5.69 Å². The lowest BCUT2D eigenvalue weighted by molar-refractivity contribution is 0.0951. The predicted octanol–water partition coefficient (Wildman–Crippen LogP) is 5.69. The zero-order valence-corrected chi connectivity index (χ0v) is 17.8. The number of nitriles is 2. The minimum absolute atomic E-state index is 0.0938. The molecule has 6 heteroatoms. The molecule has 2 aromatic carbocycles. The summed E-state index contributed by atoms with van der Waals surface area (Å²) in [6, 6.07) is 20.1. The number of halogens is 1. The number of nitrogens with zero attached hydrogens (tertiary/aromatic N) is 3. The lowest BCUT2D eigenvalue weighted by Crippen LogP contribution is -2.44. The van der Waals surface area contributed by atoms with Crippen molar-refractivity contribution in [2.24, 2.45) is 5.41 Å². The molecule has 0 amide bonds. The maximum Gasteiger partial charge on any atom is 0.186 e. The SMILES string of the molecule is N#CC1(C#N)C(c2ccccc2)C(C(=O)c2ccsc2)N2c3ccc(Cl)cc3C=CC21. The van der Waals surface area contributed by atoms with Crippen molar-refractivity contribution in [1.29, 1.82) is 10.5 Å². The van der Waals surface area contributed by atoms with E-state index in [0.717, 1.165) is 16.8 Å². The van der Waals surface area contributed by atoms with Crippen molar-refractivity contribution >= 4 is 40.5 Å². The zero-order valence-electron chi connectivity index (χ0n) is 16.3. The summed E-state index contributed by atoms with van der Waals surface area (Å²) in [7, 11) is 0. The lowest BCUT2D eigenvalue weighted by atomic mass is 9.69. The lowest BCUT2D eigenvalue weighted by Gasteiger charge is -2.35. The Hall–Kier alpha value is -3.38. The Labute approximate surface area is 189 Å². The largest absolute Gasteiger partial charge is 0.351 e. The molecule has 150 valence electrons. The number of anilines is 1. The molecular formula is C25H16ClN3OS. The first-order valence-electron chi connectivity index (χ1n) is 9.80. The second-order valence-electron chi connectivity index (χ2n) is 7.72. The molecule has 0 bridgehead atoms. The van der Waals surface area contributed by atoms with Gasteiger partial charge >= 0.3 is 0 Å². The monoisotopic (exact) mass is 441 g/mol. The minimum Gasteiger partial charge on any atom is -0.351 e. The van der Waals surface area contributed by atoms with Gasteiger partial charge in [0.25, 0.3) is 0 Å². The molecule has 3 atom stereocenters. The van der Waals surface area contributed by atoms with Crippen LogP contribution in [0.5, 0.6) is 0 Å². The maximum absolute atomic E-state index is 13.8. The first-order valence-corrected chi connectivity index (χ1v) is 11.1. The Bertz CT molecular complexity index is 1260. The number of hydrogen-bond donors (Lipinski definition) is 0. The van der Waals surface area contributed by atoms with Gasteiger partial charge in [-0.25, -0.2) is 0 Å². The van der Waals surface area contributed by atoms with Gasteiger partial charge in [-0.3, -0.25) is 4.79 Å². The summed E-state index contributed by atoms with van der Waals surface area (Å²) in [5.41, 5.74) is 1.64. The molecule has 0 N–H and O–H groups in total. The molecule has 4 nitrogen and oxygen atoms in total. The summed E-state index contributed by atoms with van der Waals surface area (Å²) < 4.78 is 0. The van der Waals surface area contributed by atoms with Crippen LogP contribution in [-0.2, 0) is 0 Å². The molecule has 3 unspecified atom stereocenters. The third kappa shape index (κ3) is 2.82. The summed E-state index contributed by atoms with van der Waals surface area (Å²) >= 11 is 7.66. The molecule has 3 aromatic rings. The molecule has 31 heavy (non-hydrogen) atoms. The number of thiophene rings is 1. The van der Waals surface area contributed by atoms with Crippen LogP contribution in [0.3, 0.4) is 0 Å². The second kappa shape index (κ2) is 7.39. The average molecular weight is 442 g/mol. The quantitative estimate of drug-likeness (QED) is 0.490.